The highest BCUT2D eigenvalue weighted by Gasteiger charge is 2.22. The number of hydrogen-bond acceptors (Lipinski definition) is 4. The lowest BCUT2D eigenvalue weighted by atomic mass is 10.0. The van der Waals surface area contributed by atoms with Crippen LogP contribution in [0.4, 0.5) is 0 Å². The third-order valence-corrected chi connectivity index (χ3v) is 3.21. The second kappa shape index (κ2) is 7.71. The monoisotopic (exact) mass is 257 g/mol. The van der Waals surface area contributed by atoms with E-state index < -0.39 is 0 Å². The highest BCUT2D eigenvalue weighted by molar-refractivity contribution is 5.81. The molecule has 1 aliphatic rings. The first-order chi connectivity index (χ1) is 8.50. The standard InChI is InChI=1S/C13H27N3O2/c1-10(2)7-11(16(3)4)8-15-13(17)12-9-14-5-6-18-12/h10-12,14H,5-9H2,1-4H3,(H,15,17). The van der Waals surface area contributed by atoms with Crippen molar-refractivity contribution in [3.63, 3.8) is 0 Å². The number of nitrogens with zero attached hydrogens (tertiary/aromatic N) is 1. The van der Waals surface area contributed by atoms with Gasteiger partial charge in [0.25, 0.3) is 5.91 Å². The van der Waals surface area contributed by atoms with Gasteiger partial charge in [-0.05, 0) is 26.4 Å². The zero-order valence-electron chi connectivity index (χ0n) is 12.0. The molecule has 0 radical (unpaired) electrons. The Bertz CT molecular complexity index is 251. The third kappa shape index (κ3) is 5.33. The third-order valence-electron chi connectivity index (χ3n) is 3.21. The molecule has 1 heterocycles. The average molecular weight is 257 g/mol. The van der Waals surface area contributed by atoms with Crippen LogP contribution in [0.5, 0.6) is 0 Å². The average Bonchev–Trinajstić information content (AvgIpc) is 2.34. The van der Waals surface area contributed by atoms with E-state index in [4.69, 9.17) is 4.74 Å². The largest absolute Gasteiger partial charge is 0.366 e. The van der Waals surface area contributed by atoms with E-state index in [1.54, 1.807) is 0 Å². The SMILES string of the molecule is CC(C)CC(CNC(=O)C1CNCCO1)N(C)C. The van der Waals surface area contributed by atoms with Crippen molar-refractivity contribution in [2.24, 2.45) is 5.92 Å². The van der Waals surface area contributed by atoms with Crippen LogP contribution in [0.25, 0.3) is 0 Å². The van der Waals surface area contributed by atoms with Gasteiger partial charge in [-0.1, -0.05) is 13.8 Å². The van der Waals surface area contributed by atoms with Gasteiger partial charge in [-0.15, -0.1) is 0 Å². The number of carbonyl (C=O) groups excluding carboxylic acids is 1. The molecule has 0 aliphatic carbocycles. The van der Waals surface area contributed by atoms with Crippen LogP contribution in [-0.4, -0.2) is 63.3 Å². The maximum absolute atomic E-state index is 11.9. The van der Waals surface area contributed by atoms with Crippen LogP contribution < -0.4 is 10.6 Å². The predicted molar refractivity (Wildman–Crippen MR) is 72.5 cm³/mol. The lowest BCUT2D eigenvalue weighted by Gasteiger charge is -2.28. The molecule has 18 heavy (non-hydrogen) atoms. The maximum Gasteiger partial charge on any atom is 0.250 e. The number of morpholine rings is 1. The van der Waals surface area contributed by atoms with Gasteiger partial charge in [-0.3, -0.25) is 4.79 Å². The van der Waals surface area contributed by atoms with E-state index in [0.717, 1.165) is 13.0 Å². The summed E-state index contributed by atoms with van der Waals surface area (Å²) in [6.07, 6.45) is 0.748. The first-order valence-electron chi connectivity index (χ1n) is 6.77. The van der Waals surface area contributed by atoms with E-state index in [-0.39, 0.29) is 12.0 Å². The first kappa shape index (κ1) is 15.4. The number of likely N-dealkylation sites (N-methyl/N-ethyl adjacent to an activating group) is 1. The summed E-state index contributed by atoms with van der Waals surface area (Å²) < 4.78 is 5.43. The summed E-state index contributed by atoms with van der Waals surface area (Å²) in [5.74, 6) is 0.625. The van der Waals surface area contributed by atoms with Crippen LogP contribution in [0.1, 0.15) is 20.3 Å². The summed E-state index contributed by atoms with van der Waals surface area (Å²) in [4.78, 5) is 14.1. The molecule has 0 aromatic heterocycles. The molecule has 1 rings (SSSR count). The molecular weight excluding hydrogens is 230 g/mol. The molecular formula is C13H27N3O2. The minimum Gasteiger partial charge on any atom is -0.366 e. The Balaban J connectivity index is 2.33. The van der Waals surface area contributed by atoms with Gasteiger partial charge in [0.05, 0.1) is 6.61 Å². The van der Waals surface area contributed by atoms with Gasteiger partial charge in [-0.2, -0.15) is 0 Å². The van der Waals surface area contributed by atoms with Gasteiger partial charge < -0.3 is 20.3 Å². The van der Waals surface area contributed by atoms with E-state index in [1.165, 1.54) is 0 Å². The molecule has 1 amide bonds. The van der Waals surface area contributed by atoms with Gasteiger partial charge in [-0.25, -0.2) is 0 Å². The van der Waals surface area contributed by atoms with Crippen LogP contribution in [0.2, 0.25) is 0 Å². The summed E-state index contributed by atoms with van der Waals surface area (Å²) >= 11 is 0. The highest BCUT2D eigenvalue weighted by Crippen LogP contribution is 2.08. The van der Waals surface area contributed by atoms with Crippen molar-refractivity contribution in [3.8, 4) is 0 Å². The Hall–Kier alpha value is -0.650. The molecule has 1 fully saturated rings. The summed E-state index contributed by atoms with van der Waals surface area (Å²) in [7, 11) is 4.11. The normalized spacial score (nSPS) is 22.2. The van der Waals surface area contributed by atoms with Crippen molar-refractivity contribution in [2.45, 2.75) is 32.4 Å². The maximum atomic E-state index is 11.9. The Morgan fingerprint density at radius 3 is 2.72 bits per heavy atom. The van der Waals surface area contributed by atoms with Gasteiger partial charge in [0, 0.05) is 25.7 Å². The molecule has 5 nitrogen and oxygen atoms in total. The van der Waals surface area contributed by atoms with Gasteiger partial charge in [0.15, 0.2) is 0 Å². The topological polar surface area (TPSA) is 53.6 Å². The number of rotatable bonds is 6. The Labute approximate surface area is 110 Å². The van der Waals surface area contributed by atoms with Crippen molar-refractivity contribution in [1.82, 2.24) is 15.5 Å². The second-order valence-corrected chi connectivity index (χ2v) is 5.56. The summed E-state index contributed by atoms with van der Waals surface area (Å²) in [6, 6.07) is 0.380. The number of hydrogen-bond donors (Lipinski definition) is 2. The quantitative estimate of drug-likeness (QED) is 0.707. The second-order valence-electron chi connectivity index (χ2n) is 5.56. The Morgan fingerprint density at radius 2 is 2.22 bits per heavy atom. The fourth-order valence-electron chi connectivity index (χ4n) is 2.09. The van der Waals surface area contributed by atoms with Gasteiger partial charge in [0.1, 0.15) is 6.10 Å². The van der Waals surface area contributed by atoms with E-state index >= 15 is 0 Å². The van der Waals surface area contributed by atoms with E-state index in [1.807, 2.05) is 0 Å². The summed E-state index contributed by atoms with van der Waals surface area (Å²) in [6.45, 7) is 7.14. The van der Waals surface area contributed by atoms with Crippen LogP contribution >= 0.6 is 0 Å². The number of nitrogens with one attached hydrogen (secondary N) is 2. The van der Waals surface area contributed by atoms with Gasteiger partial charge in [0.2, 0.25) is 0 Å². The molecule has 0 aromatic rings. The van der Waals surface area contributed by atoms with Crippen LogP contribution in [0, 0.1) is 5.92 Å². The minimum absolute atomic E-state index is 0.00203. The van der Waals surface area contributed by atoms with E-state index in [2.05, 4.69) is 43.5 Å². The summed E-state index contributed by atoms with van der Waals surface area (Å²) in [5, 5.41) is 6.16. The van der Waals surface area contributed by atoms with Crippen LogP contribution in [0.3, 0.4) is 0 Å². The molecule has 2 atom stereocenters. The highest BCUT2D eigenvalue weighted by atomic mass is 16.5. The number of amides is 1. The molecule has 2 N–H and O–H groups in total. The van der Waals surface area contributed by atoms with Crippen molar-refractivity contribution >= 4 is 5.91 Å². The fraction of sp³-hybridized carbons (Fsp3) is 0.923. The first-order valence-corrected chi connectivity index (χ1v) is 6.77. The smallest absolute Gasteiger partial charge is 0.250 e. The predicted octanol–water partition coefficient (Wildman–Crippen LogP) is 0.0673. The molecule has 5 heteroatoms. The van der Waals surface area contributed by atoms with Crippen LogP contribution in [0.15, 0.2) is 0 Å². The number of carbonyl (C=O) groups is 1. The van der Waals surface area contributed by atoms with Crippen LogP contribution in [-0.2, 0) is 9.53 Å². The molecule has 0 spiro atoms. The molecule has 0 saturated carbocycles. The number of ether oxygens (including phenoxy) is 1. The Kier molecular flexibility index (Phi) is 6.60. The van der Waals surface area contributed by atoms with Crippen molar-refractivity contribution in [2.75, 3.05) is 40.3 Å². The molecule has 1 saturated heterocycles. The molecule has 0 bridgehead atoms. The zero-order chi connectivity index (χ0) is 13.5. The molecule has 2 unspecified atom stereocenters. The van der Waals surface area contributed by atoms with Gasteiger partial charge >= 0.3 is 0 Å². The van der Waals surface area contributed by atoms with Crippen molar-refractivity contribution < 1.29 is 9.53 Å². The Morgan fingerprint density at radius 1 is 1.50 bits per heavy atom. The lowest BCUT2D eigenvalue weighted by Crippen LogP contribution is -2.50. The molecule has 106 valence electrons. The van der Waals surface area contributed by atoms with E-state index in [9.17, 15) is 4.79 Å². The fourth-order valence-corrected chi connectivity index (χ4v) is 2.09. The minimum atomic E-state index is -0.333. The van der Waals surface area contributed by atoms with Crippen molar-refractivity contribution in [1.29, 1.82) is 0 Å². The molecule has 1 aliphatic heterocycles. The van der Waals surface area contributed by atoms with Crippen molar-refractivity contribution in [3.05, 3.63) is 0 Å². The lowest BCUT2D eigenvalue weighted by molar-refractivity contribution is -0.134. The van der Waals surface area contributed by atoms with E-state index in [0.29, 0.717) is 31.7 Å². The molecule has 0 aromatic carbocycles. The summed E-state index contributed by atoms with van der Waals surface area (Å²) in [5.41, 5.74) is 0. The zero-order valence-corrected chi connectivity index (χ0v) is 12.0.